The van der Waals surface area contributed by atoms with Crippen LogP contribution in [-0.2, 0) is 17.8 Å². The van der Waals surface area contributed by atoms with Crippen LogP contribution in [-0.4, -0.2) is 54.7 Å². The Morgan fingerprint density at radius 1 is 1.21 bits per heavy atom. The fourth-order valence-corrected chi connectivity index (χ4v) is 5.84. The van der Waals surface area contributed by atoms with Crippen molar-refractivity contribution >= 4 is 23.4 Å². The third-order valence-corrected chi connectivity index (χ3v) is 7.95. The van der Waals surface area contributed by atoms with Crippen molar-refractivity contribution in [1.82, 2.24) is 9.80 Å². The summed E-state index contributed by atoms with van der Waals surface area (Å²) in [5, 5.41) is 3.89. The van der Waals surface area contributed by atoms with Gasteiger partial charge in [-0.3, -0.25) is 4.79 Å². The molecule has 1 saturated heterocycles. The number of hydrogen-bond acceptors (Lipinski definition) is 5. The first-order valence-electron chi connectivity index (χ1n) is 12.0. The van der Waals surface area contributed by atoms with Crippen molar-refractivity contribution in [1.29, 1.82) is 0 Å². The van der Waals surface area contributed by atoms with Crippen LogP contribution >= 0.6 is 11.8 Å². The number of amides is 1. The zero-order valence-corrected chi connectivity index (χ0v) is 20.9. The van der Waals surface area contributed by atoms with Gasteiger partial charge in [0.05, 0.1) is 7.11 Å². The van der Waals surface area contributed by atoms with Gasteiger partial charge in [-0.05, 0) is 86.1 Å². The van der Waals surface area contributed by atoms with Gasteiger partial charge in [-0.1, -0.05) is 22.8 Å². The second-order valence-electron chi connectivity index (χ2n) is 9.20. The number of fused-ring (bicyclic) bond motifs is 1. The molecule has 0 saturated carbocycles. The molecule has 2 aliphatic heterocycles. The van der Waals surface area contributed by atoms with Crippen LogP contribution in [0.15, 0.2) is 46.4 Å². The average Bonchev–Trinajstić information content (AvgIpc) is 3.07. The second-order valence-corrected chi connectivity index (χ2v) is 10.3. The SMILES string of the molecule is COc1ccc2c(c1)CN(C(=O)CCN1CCC(Cc3ccc(C)cc3N=[N+]=[N-])CC1)CCS2. The molecule has 0 unspecified atom stereocenters. The number of ether oxygens (including phenoxy) is 1. The third-order valence-electron chi connectivity index (χ3n) is 6.85. The van der Waals surface area contributed by atoms with E-state index in [1.54, 1.807) is 7.11 Å². The first kappa shape index (κ1) is 24.5. The normalized spacial score (nSPS) is 16.9. The molecule has 2 heterocycles. The van der Waals surface area contributed by atoms with E-state index in [9.17, 15) is 4.79 Å². The number of azide groups is 1. The molecule has 0 spiro atoms. The summed E-state index contributed by atoms with van der Waals surface area (Å²) in [6.07, 6.45) is 3.71. The molecule has 0 bridgehead atoms. The molecule has 1 amide bonds. The Morgan fingerprint density at radius 2 is 2.03 bits per heavy atom. The summed E-state index contributed by atoms with van der Waals surface area (Å²) < 4.78 is 5.37. The number of aryl methyl sites for hydroxylation is 1. The van der Waals surface area contributed by atoms with Gasteiger partial charge < -0.3 is 14.5 Å². The first-order valence-corrected chi connectivity index (χ1v) is 13.0. The lowest BCUT2D eigenvalue weighted by molar-refractivity contribution is -0.132. The molecule has 0 radical (unpaired) electrons. The lowest BCUT2D eigenvalue weighted by atomic mass is 9.89. The summed E-state index contributed by atoms with van der Waals surface area (Å²) in [7, 11) is 1.68. The number of carbonyl (C=O) groups excluding carboxylic acids is 1. The van der Waals surface area contributed by atoms with Crippen molar-refractivity contribution in [3.05, 3.63) is 63.5 Å². The summed E-state index contributed by atoms with van der Waals surface area (Å²) in [5.74, 6) is 2.58. The second kappa shape index (κ2) is 11.6. The molecule has 2 aromatic rings. The van der Waals surface area contributed by atoms with Crippen LogP contribution in [0.1, 0.15) is 36.0 Å². The minimum atomic E-state index is 0.233. The molecule has 4 rings (SSSR count). The largest absolute Gasteiger partial charge is 0.497 e. The number of benzene rings is 2. The quantitative estimate of drug-likeness (QED) is 0.289. The van der Waals surface area contributed by atoms with Gasteiger partial charge >= 0.3 is 0 Å². The minimum absolute atomic E-state index is 0.233. The topological polar surface area (TPSA) is 81.5 Å². The Labute approximate surface area is 206 Å². The summed E-state index contributed by atoms with van der Waals surface area (Å²) in [6, 6.07) is 12.3. The summed E-state index contributed by atoms with van der Waals surface area (Å²) in [4.78, 5) is 21.7. The van der Waals surface area contributed by atoms with Crippen LogP contribution in [0.25, 0.3) is 10.4 Å². The van der Waals surface area contributed by atoms with Gasteiger partial charge in [-0.2, -0.15) is 0 Å². The van der Waals surface area contributed by atoms with E-state index >= 15 is 0 Å². The van der Waals surface area contributed by atoms with E-state index in [4.69, 9.17) is 10.3 Å². The number of hydrogen-bond donors (Lipinski definition) is 0. The monoisotopic (exact) mass is 479 g/mol. The third kappa shape index (κ3) is 6.26. The van der Waals surface area contributed by atoms with E-state index in [1.807, 2.05) is 35.7 Å². The van der Waals surface area contributed by atoms with E-state index in [-0.39, 0.29) is 5.91 Å². The highest BCUT2D eigenvalue weighted by Gasteiger charge is 2.23. The highest BCUT2D eigenvalue weighted by atomic mass is 32.2. The number of piperidine rings is 1. The van der Waals surface area contributed by atoms with E-state index in [2.05, 4.69) is 39.2 Å². The molecule has 0 aliphatic carbocycles. The minimum Gasteiger partial charge on any atom is -0.497 e. The van der Waals surface area contributed by atoms with Crippen molar-refractivity contribution in [3.8, 4) is 5.75 Å². The molecule has 34 heavy (non-hydrogen) atoms. The Morgan fingerprint density at radius 3 is 2.79 bits per heavy atom. The predicted octanol–water partition coefficient (Wildman–Crippen LogP) is 5.72. The van der Waals surface area contributed by atoms with E-state index in [0.717, 1.165) is 73.8 Å². The molecule has 0 aromatic heterocycles. The van der Waals surface area contributed by atoms with Crippen molar-refractivity contribution < 1.29 is 9.53 Å². The van der Waals surface area contributed by atoms with Crippen LogP contribution in [0, 0.1) is 12.8 Å². The maximum atomic E-state index is 13.0. The highest BCUT2D eigenvalue weighted by molar-refractivity contribution is 7.99. The number of carbonyl (C=O) groups is 1. The van der Waals surface area contributed by atoms with Crippen molar-refractivity contribution in [2.24, 2.45) is 11.0 Å². The molecule has 7 nitrogen and oxygen atoms in total. The molecular weight excluding hydrogens is 446 g/mol. The fraction of sp³-hybridized carbons (Fsp3) is 0.500. The average molecular weight is 480 g/mol. The number of methoxy groups -OCH3 is 1. The van der Waals surface area contributed by atoms with Crippen LogP contribution in [0.5, 0.6) is 5.75 Å². The molecule has 0 atom stereocenters. The maximum Gasteiger partial charge on any atom is 0.224 e. The predicted molar refractivity (Wildman–Crippen MR) is 137 cm³/mol. The first-order chi connectivity index (χ1) is 16.6. The smallest absolute Gasteiger partial charge is 0.224 e. The van der Waals surface area contributed by atoms with E-state index in [0.29, 0.717) is 18.9 Å². The molecular formula is C26H33N5O2S. The zero-order chi connectivity index (χ0) is 23.9. The summed E-state index contributed by atoms with van der Waals surface area (Å²) >= 11 is 1.82. The van der Waals surface area contributed by atoms with Gasteiger partial charge in [-0.15, -0.1) is 11.8 Å². The lowest BCUT2D eigenvalue weighted by Gasteiger charge is -2.32. The zero-order valence-electron chi connectivity index (χ0n) is 20.1. The van der Waals surface area contributed by atoms with Gasteiger partial charge in [-0.25, -0.2) is 0 Å². The molecule has 0 N–H and O–H groups in total. The Kier molecular flexibility index (Phi) is 8.38. The Bertz CT molecular complexity index is 1060. The summed E-state index contributed by atoms with van der Waals surface area (Å²) in [6.45, 7) is 6.29. The van der Waals surface area contributed by atoms with Gasteiger partial charge in [0, 0.05) is 47.3 Å². The van der Waals surface area contributed by atoms with E-state index < -0.39 is 0 Å². The van der Waals surface area contributed by atoms with Gasteiger partial charge in [0.2, 0.25) is 5.91 Å². The van der Waals surface area contributed by atoms with Gasteiger partial charge in [0.1, 0.15) is 5.75 Å². The van der Waals surface area contributed by atoms with Crippen LogP contribution in [0.2, 0.25) is 0 Å². The molecule has 180 valence electrons. The van der Waals surface area contributed by atoms with Gasteiger partial charge in [0.15, 0.2) is 0 Å². The maximum absolute atomic E-state index is 13.0. The standard InChI is InChI=1S/C26H33N5O2S/c1-19-3-4-21(24(15-19)28-29-27)16-20-7-10-30(11-8-20)12-9-26(32)31-13-14-34-25-6-5-23(33-2)17-22(25)18-31/h3-6,15,17,20H,7-14,16,18H2,1-2H3. The van der Waals surface area contributed by atoms with Crippen LogP contribution < -0.4 is 4.74 Å². The fourth-order valence-electron chi connectivity index (χ4n) is 4.84. The molecule has 2 aliphatic rings. The Hall–Kier alpha value is -2.67. The lowest BCUT2D eigenvalue weighted by Crippen LogP contribution is -2.38. The van der Waals surface area contributed by atoms with Crippen LogP contribution in [0.3, 0.4) is 0 Å². The number of likely N-dealkylation sites (tertiary alicyclic amines) is 1. The van der Waals surface area contributed by atoms with Crippen LogP contribution in [0.4, 0.5) is 5.69 Å². The highest BCUT2D eigenvalue weighted by Crippen LogP contribution is 2.31. The molecule has 8 heteroatoms. The van der Waals surface area contributed by atoms with Gasteiger partial charge in [0.25, 0.3) is 0 Å². The number of nitrogens with zero attached hydrogens (tertiary/aromatic N) is 5. The number of thioether (sulfide) groups is 1. The van der Waals surface area contributed by atoms with Crippen molar-refractivity contribution in [2.75, 3.05) is 39.0 Å². The summed E-state index contributed by atoms with van der Waals surface area (Å²) in [5.41, 5.74) is 13.0. The van der Waals surface area contributed by atoms with Crippen molar-refractivity contribution in [3.63, 3.8) is 0 Å². The Balaban J connectivity index is 1.26. The van der Waals surface area contributed by atoms with E-state index in [1.165, 1.54) is 10.5 Å². The number of rotatable bonds is 7. The molecule has 2 aromatic carbocycles. The molecule has 1 fully saturated rings. The van der Waals surface area contributed by atoms with Crippen molar-refractivity contribution in [2.45, 2.75) is 44.0 Å².